The largest absolute Gasteiger partial charge is 0.346 e. The summed E-state index contributed by atoms with van der Waals surface area (Å²) in [6.45, 7) is 4.08. The van der Waals surface area contributed by atoms with E-state index in [0.29, 0.717) is 16.8 Å². The molecule has 108 valence electrons. The number of carbonyl (C=O) groups excluding carboxylic acids is 2. The Morgan fingerprint density at radius 2 is 1.81 bits per heavy atom. The normalized spacial score (nSPS) is 12.5. The van der Waals surface area contributed by atoms with Gasteiger partial charge in [0.25, 0.3) is 0 Å². The highest BCUT2D eigenvalue weighted by molar-refractivity contribution is 6.11. The summed E-state index contributed by atoms with van der Waals surface area (Å²) in [5.41, 5.74) is 1.64. The summed E-state index contributed by atoms with van der Waals surface area (Å²) in [5, 5.41) is 4.74. The van der Waals surface area contributed by atoms with E-state index >= 15 is 0 Å². The maximum absolute atomic E-state index is 11.3. The summed E-state index contributed by atoms with van der Waals surface area (Å²) < 4.78 is 0. The average Bonchev–Trinajstić information content (AvgIpc) is 2.54. The molecule has 4 heteroatoms. The lowest BCUT2D eigenvalue weighted by Crippen LogP contribution is -2.04. The van der Waals surface area contributed by atoms with Gasteiger partial charge in [-0.15, -0.1) is 0 Å². The lowest BCUT2D eigenvalue weighted by Gasteiger charge is -2.11. The molecule has 0 saturated carbocycles. The van der Waals surface area contributed by atoms with Gasteiger partial charge in [-0.3, -0.25) is 14.6 Å². The fourth-order valence-corrected chi connectivity index (χ4v) is 2.11. The predicted octanol–water partition coefficient (Wildman–Crippen LogP) is 3.70. The van der Waals surface area contributed by atoms with Crippen molar-refractivity contribution in [2.75, 3.05) is 5.32 Å². The summed E-state index contributed by atoms with van der Waals surface area (Å²) >= 11 is 0. The summed E-state index contributed by atoms with van der Waals surface area (Å²) in [7, 11) is 0. The lowest BCUT2D eigenvalue weighted by atomic mass is 9.99. The third-order valence-electron chi connectivity index (χ3n) is 3.49. The minimum absolute atomic E-state index is 0.220. The molecule has 1 N–H and O–H groups in total. The van der Waals surface area contributed by atoms with E-state index < -0.39 is 0 Å². The number of rotatable bonds is 6. The molecule has 2 rings (SSSR count). The first-order valence-electron chi connectivity index (χ1n) is 6.95. The summed E-state index contributed by atoms with van der Waals surface area (Å²) in [4.78, 5) is 26.8. The van der Waals surface area contributed by atoms with Gasteiger partial charge in [-0.05, 0) is 24.8 Å². The topological polar surface area (TPSA) is 58.5 Å². The van der Waals surface area contributed by atoms with Gasteiger partial charge in [0, 0.05) is 22.6 Å². The van der Waals surface area contributed by atoms with Gasteiger partial charge in [-0.2, -0.15) is 0 Å². The smallest absolute Gasteiger partial charge is 0.152 e. The molecule has 4 nitrogen and oxygen atoms in total. The molecule has 2 aromatic rings. The van der Waals surface area contributed by atoms with Gasteiger partial charge in [0.05, 0.1) is 12.0 Å². The van der Waals surface area contributed by atoms with Gasteiger partial charge in [0.2, 0.25) is 0 Å². The minimum atomic E-state index is 0.220. The zero-order valence-electron chi connectivity index (χ0n) is 12.2. The summed E-state index contributed by atoms with van der Waals surface area (Å²) in [6.07, 6.45) is 4.08. The molecule has 0 amide bonds. The maximum Gasteiger partial charge on any atom is 0.152 e. The highest BCUT2D eigenvalue weighted by Gasteiger charge is 2.10. The van der Waals surface area contributed by atoms with Crippen molar-refractivity contribution in [3.05, 3.63) is 41.5 Å². The molecule has 0 saturated heterocycles. The Balaban J connectivity index is 2.53. The average molecular weight is 282 g/mol. The lowest BCUT2D eigenvalue weighted by molar-refractivity contribution is 0.112. The van der Waals surface area contributed by atoms with Gasteiger partial charge in [0.15, 0.2) is 12.6 Å². The van der Waals surface area contributed by atoms with Crippen LogP contribution in [-0.4, -0.2) is 25.0 Å². The highest BCUT2D eigenvalue weighted by Crippen LogP contribution is 2.29. The summed E-state index contributed by atoms with van der Waals surface area (Å²) in [5.74, 6) is 0. The van der Waals surface area contributed by atoms with Crippen LogP contribution >= 0.6 is 0 Å². The number of nitrogens with one attached hydrogen (secondary N) is 1. The van der Waals surface area contributed by atoms with Crippen LogP contribution in [0.1, 0.15) is 41.0 Å². The second kappa shape index (κ2) is 6.79. The zero-order valence-corrected chi connectivity index (χ0v) is 12.2. The highest BCUT2D eigenvalue weighted by atomic mass is 16.1. The van der Waals surface area contributed by atoms with E-state index in [1.54, 1.807) is 12.4 Å². The Morgan fingerprint density at radius 1 is 1.14 bits per heavy atom. The van der Waals surface area contributed by atoms with E-state index in [0.717, 1.165) is 29.8 Å². The number of anilines is 1. The van der Waals surface area contributed by atoms with Crippen molar-refractivity contribution in [2.45, 2.75) is 26.3 Å². The zero-order chi connectivity index (χ0) is 15.2. The van der Waals surface area contributed by atoms with Gasteiger partial charge < -0.3 is 5.32 Å². The molecule has 0 heterocycles. The first-order chi connectivity index (χ1) is 10.2. The van der Waals surface area contributed by atoms with Crippen LogP contribution in [0.25, 0.3) is 10.8 Å². The number of benzene rings is 2. The third-order valence-corrected chi connectivity index (χ3v) is 3.49. The molecule has 0 fully saturated rings. The molecule has 21 heavy (non-hydrogen) atoms. The van der Waals surface area contributed by atoms with E-state index in [4.69, 9.17) is 0 Å². The number of hydrogen-bond acceptors (Lipinski definition) is 3. The van der Waals surface area contributed by atoms with Crippen molar-refractivity contribution in [1.82, 2.24) is 0 Å². The predicted molar refractivity (Wildman–Crippen MR) is 86.6 cm³/mol. The second-order valence-electron chi connectivity index (χ2n) is 4.89. The first kappa shape index (κ1) is 14.9. The Hall–Kier alpha value is -2.49. The molecule has 0 aliphatic carbocycles. The van der Waals surface area contributed by atoms with Crippen LogP contribution in [0, 0.1) is 0 Å². The third kappa shape index (κ3) is 3.16. The van der Waals surface area contributed by atoms with Crippen molar-refractivity contribution in [3.8, 4) is 0 Å². The van der Waals surface area contributed by atoms with E-state index in [9.17, 15) is 9.59 Å². The fourth-order valence-electron chi connectivity index (χ4n) is 2.11. The molecular formula is C17H18N2O2. The molecule has 0 radical (unpaired) electrons. The molecule has 2 aromatic carbocycles. The number of aldehydes is 2. The van der Waals surface area contributed by atoms with Crippen LogP contribution in [0.4, 0.5) is 5.69 Å². The fraction of sp³-hybridized carbons (Fsp3) is 0.235. The molecule has 1 atom stereocenters. The molecule has 0 bridgehead atoms. The molecule has 0 spiro atoms. The van der Waals surface area contributed by atoms with Crippen LogP contribution < -0.4 is 5.32 Å². The Morgan fingerprint density at radius 3 is 2.43 bits per heavy atom. The SMILES string of the molecule is CCC(C)N=CNc1c(C=O)cc(C=O)c2ccccc12. The van der Waals surface area contributed by atoms with Crippen LogP contribution in [0.15, 0.2) is 35.3 Å². The number of aliphatic imine (C=N–C) groups is 1. The first-order valence-corrected chi connectivity index (χ1v) is 6.95. The standard InChI is InChI=1S/C17H18N2O2/c1-3-12(2)18-11-19-17-14(10-21)8-13(9-20)15-6-4-5-7-16(15)17/h4-12H,3H2,1-2H3,(H,18,19). The van der Waals surface area contributed by atoms with E-state index in [1.165, 1.54) is 0 Å². The molecule has 0 aliphatic heterocycles. The number of fused-ring (bicyclic) bond motifs is 1. The van der Waals surface area contributed by atoms with Crippen molar-refractivity contribution in [2.24, 2.45) is 4.99 Å². The number of carbonyl (C=O) groups is 2. The Bertz CT molecular complexity index is 692. The molecule has 0 aliphatic rings. The van der Waals surface area contributed by atoms with Gasteiger partial charge >= 0.3 is 0 Å². The molecule has 0 aromatic heterocycles. The van der Waals surface area contributed by atoms with Crippen molar-refractivity contribution >= 4 is 35.4 Å². The van der Waals surface area contributed by atoms with Gasteiger partial charge in [0.1, 0.15) is 0 Å². The Labute approximate surface area is 123 Å². The van der Waals surface area contributed by atoms with E-state index in [1.807, 2.05) is 31.2 Å². The number of nitrogens with zero attached hydrogens (tertiary/aromatic N) is 1. The van der Waals surface area contributed by atoms with Crippen LogP contribution in [0.5, 0.6) is 0 Å². The van der Waals surface area contributed by atoms with Crippen LogP contribution in [0.2, 0.25) is 0 Å². The van der Waals surface area contributed by atoms with E-state index in [2.05, 4.69) is 17.2 Å². The number of hydrogen-bond donors (Lipinski definition) is 1. The quantitative estimate of drug-likeness (QED) is 0.499. The van der Waals surface area contributed by atoms with Crippen molar-refractivity contribution in [3.63, 3.8) is 0 Å². The Kier molecular flexibility index (Phi) is 4.82. The minimum Gasteiger partial charge on any atom is -0.346 e. The molecule has 1 unspecified atom stereocenters. The van der Waals surface area contributed by atoms with Gasteiger partial charge in [-0.25, -0.2) is 0 Å². The van der Waals surface area contributed by atoms with Gasteiger partial charge in [-0.1, -0.05) is 31.2 Å². The van der Waals surface area contributed by atoms with Crippen molar-refractivity contribution in [1.29, 1.82) is 0 Å². The maximum atomic E-state index is 11.3. The van der Waals surface area contributed by atoms with E-state index in [-0.39, 0.29) is 6.04 Å². The summed E-state index contributed by atoms with van der Waals surface area (Å²) in [6, 6.07) is 9.31. The van der Waals surface area contributed by atoms with Crippen LogP contribution in [-0.2, 0) is 0 Å². The molecular weight excluding hydrogens is 264 g/mol. The monoisotopic (exact) mass is 282 g/mol. The van der Waals surface area contributed by atoms with Crippen molar-refractivity contribution < 1.29 is 9.59 Å². The van der Waals surface area contributed by atoms with Crippen LogP contribution in [0.3, 0.4) is 0 Å². The second-order valence-corrected chi connectivity index (χ2v) is 4.89.